The molecule has 14 heavy (non-hydrogen) atoms. The maximum atomic E-state index is 5.95. The Bertz CT molecular complexity index is 347. The van der Waals surface area contributed by atoms with E-state index in [-0.39, 0.29) is 0 Å². The molecule has 0 heterocycles. The maximum Gasteiger partial charge on any atom is 0.193 e. The number of guanidine groups is 1. The van der Waals surface area contributed by atoms with Crippen LogP contribution in [-0.4, -0.2) is 12.5 Å². The van der Waals surface area contributed by atoms with Crippen LogP contribution >= 0.6 is 11.6 Å². The predicted octanol–water partition coefficient (Wildman–Crippen LogP) is 2.39. The Hall–Kier alpha value is -1.22. The van der Waals surface area contributed by atoms with Crippen LogP contribution in [0.25, 0.3) is 0 Å². The Morgan fingerprint density at radius 1 is 1.57 bits per heavy atom. The van der Waals surface area contributed by atoms with Crippen LogP contribution in [-0.2, 0) is 0 Å². The normalized spacial score (nSPS) is 11.5. The van der Waals surface area contributed by atoms with E-state index in [1.807, 2.05) is 32.0 Å². The molecule has 0 bridgehead atoms. The Morgan fingerprint density at radius 2 is 2.29 bits per heavy atom. The number of rotatable bonds is 2. The van der Waals surface area contributed by atoms with Gasteiger partial charge in [0.2, 0.25) is 0 Å². The molecule has 0 saturated carbocycles. The minimum atomic E-state index is 0.410. The van der Waals surface area contributed by atoms with E-state index in [9.17, 15) is 0 Å². The summed E-state index contributed by atoms with van der Waals surface area (Å²) in [4.78, 5) is 4.01. The highest BCUT2D eigenvalue weighted by molar-refractivity contribution is 6.31. The number of hydrogen-bond donors (Lipinski definition) is 2. The van der Waals surface area contributed by atoms with Gasteiger partial charge >= 0.3 is 0 Å². The van der Waals surface area contributed by atoms with Crippen molar-refractivity contribution in [2.24, 2.45) is 10.7 Å². The summed E-state index contributed by atoms with van der Waals surface area (Å²) in [6.07, 6.45) is 0. The lowest BCUT2D eigenvalue weighted by Gasteiger charge is -2.06. The third-order valence-electron chi connectivity index (χ3n) is 1.77. The van der Waals surface area contributed by atoms with Gasteiger partial charge in [0, 0.05) is 17.3 Å². The number of benzene rings is 1. The van der Waals surface area contributed by atoms with Gasteiger partial charge in [0.1, 0.15) is 0 Å². The minimum absolute atomic E-state index is 0.410. The largest absolute Gasteiger partial charge is 0.370 e. The first-order chi connectivity index (χ1) is 6.63. The van der Waals surface area contributed by atoms with E-state index in [2.05, 4.69) is 10.3 Å². The average molecular weight is 212 g/mol. The lowest BCUT2D eigenvalue weighted by Crippen LogP contribution is -2.22. The van der Waals surface area contributed by atoms with E-state index in [0.717, 1.165) is 16.3 Å². The zero-order valence-corrected chi connectivity index (χ0v) is 9.10. The molecule has 0 spiro atoms. The molecule has 4 heteroatoms. The lowest BCUT2D eigenvalue weighted by molar-refractivity contribution is 1.12. The standard InChI is InChI=1S/C10H14ClN3/c1-3-13-10(12)14-8-5-4-7(2)9(11)6-8/h4-6H,3H2,1-2H3,(H3,12,13,14). The van der Waals surface area contributed by atoms with Gasteiger partial charge in [0.05, 0.1) is 0 Å². The third kappa shape index (κ3) is 2.92. The molecule has 1 rings (SSSR count). The van der Waals surface area contributed by atoms with Gasteiger partial charge in [0.25, 0.3) is 0 Å². The first kappa shape index (κ1) is 10.9. The zero-order chi connectivity index (χ0) is 10.6. The highest BCUT2D eigenvalue weighted by Gasteiger charge is 1.98. The molecule has 3 nitrogen and oxygen atoms in total. The van der Waals surface area contributed by atoms with Gasteiger partial charge in [-0.05, 0) is 31.5 Å². The molecular formula is C10H14ClN3. The summed E-state index contributed by atoms with van der Waals surface area (Å²) in [5.74, 6) is 0.410. The molecule has 0 saturated heterocycles. The maximum absolute atomic E-state index is 5.95. The molecule has 0 aliphatic rings. The molecule has 1 aromatic rings. The van der Waals surface area contributed by atoms with E-state index in [1.165, 1.54) is 0 Å². The van der Waals surface area contributed by atoms with Crippen molar-refractivity contribution >= 4 is 23.2 Å². The highest BCUT2D eigenvalue weighted by atomic mass is 35.5. The zero-order valence-electron chi connectivity index (χ0n) is 8.34. The molecule has 76 valence electrons. The van der Waals surface area contributed by atoms with Crippen molar-refractivity contribution in [3.05, 3.63) is 28.8 Å². The summed E-state index contributed by atoms with van der Waals surface area (Å²) in [5, 5.41) is 3.68. The predicted molar refractivity (Wildman–Crippen MR) is 62.0 cm³/mol. The molecule has 0 amide bonds. The van der Waals surface area contributed by atoms with Crippen LogP contribution in [0, 0.1) is 6.92 Å². The van der Waals surface area contributed by atoms with Crippen molar-refractivity contribution in [1.29, 1.82) is 0 Å². The summed E-state index contributed by atoms with van der Waals surface area (Å²) in [7, 11) is 0. The summed E-state index contributed by atoms with van der Waals surface area (Å²) in [5.41, 5.74) is 7.50. The monoisotopic (exact) mass is 211 g/mol. The van der Waals surface area contributed by atoms with Crippen molar-refractivity contribution in [2.45, 2.75) is 13.8 Å². The fraction of sp³-hybridized carbons (Fsp3) is 0.300. The summed E-state index contributed by atoms with van der Waals surface area (Å²) >= 11 is 5.95. The van der Waals surface area contributed by atoms with Gasteiger partial charge in [-0.3, -0.25) is 4.99 Å². The number of nitrogens with one attached hydrogen (secondary N) is 1. The van der Waals surface area contributed by atoms with Crippen LogP contribution in [0.5, 0.6) is 0 Å². The summed E-state index contributed by atoms with van der Waals surface area (Å²) in [6.45, 7) is 4.55. The minimum Gasteiger partial charge on any atom is -0.370 e. The second kappa shape index (κ2) is 4.86. The SMILES string of the molecule is CCN=C(N)Nc1ccc(C)c(Cl)c1. The second-order valence-electron chi connectivity index (χ2n) is 2.95. The molecule has 0 aliphatic carbocycles. The van der Waals surface area contributed by atoms with E-state index in [4.69, 9.17) is 17.3 Å². The molecule has 0 aromatic heterocycles. The molecule has 0 aliphatic heterocycles. The molecule has 0 radical (unpaired) electrons. The molecular weight excluding hydrogens is 198 g/mol. The topological polar surface area (TPSA) is 50.4 Å². The molecule has 0 fully saturated rings. The van der Waals surface area contributed by atoms with Crippen LogP contribution < -0.4 is 11.1 Å². The van der Waals surface area contributed by atoms with Crippen LogP contribution in [0.1, 0.15) is 12.5 Å². The highest BCUT2D eigenvalue weighted by Crippen LogP contribution is 2.19. The number of nitrogens with two attached hydrogens (primary N) is 1. The number of aryl methyl sites for hydroxylation is 1. The lowest BCUT2D eigenvalue weighted by atomic mass is 10.2. The molecule has 0 unspecified atom stereocenters. The van der Waals surface area contributed by atoms with Crippen molar-refractivity contribution in [3.63, 3.8) is 0 Å². The van der Waals surface area contributed by atoms with Crippen LogP contribution in [0.4, 0.5) is 5.69 Å². The molecule has 3 N–H and O–H groups in total. The van der Waals surface area contributed by atoms with Crippen LogP contribution in [0.2, 0.25) is 5.02 Å². The number of halogens is 1. The quantitative estimate of drug-likeness (QED) is 0.583. The number of anilines is 1. The van der Waals surface area contributed by atoms with Gasteiger partial charge in [-0.25, -0.2) is 0 Å². The van der Waals surface area contributed by atoms with Crippen LogP contribution in [0.3, 0.4) is 0 Å². The van der Waals surface area contributed by atoms with Crippen molar-refractivity contribution < 1.29 is 0 Å². The van der Waals surface area contributed by atoms with Gasteiger partial charge in [-0.15, -0.1) is 0 Å². The van der Waals surface area contributed by atoms with Crippen LogP contribution in [0.15, 0.2) is 23.2 Å². The Balaban J connectivity index is 2.78. The van der Waals surface area contributed by atoms with Gasteiger partial charge in [-0.2, -0.15) is 0 Å². The summed E-state index contributed by atoms with van der Waals surface area (Å²) < 4.78 is 0. The van der Waals surface area contributed by atoms with E-state index in [1.54, 1.807) is 0 Å². The number of nitrogens with zero attached hydrogens (tertiary/aromatic N) is 1. The Labute approximate surface area is 89.0 Å². The first-order valence-electron chi connectivity index (χ1n) is 4.46. The van der Waals surface area contributed by atoms with E-state index >= 15 is 0 Å². The van der Waals surface area contributed by atoms with Crippen molar-refractivity contribution in [1.82, 2.24) is 0 Å². The number of hydrogen-bond acceptors (Lipinski definition) is 1. The smallest absolute Gasteiger partial charge is 0.193 e. The Morgan fingerprint density at radius 3 is 2.86 bits per heavy atom. The summed E-state index contributed by atoms with van der Waals surface area (Å²) in [6, 6.07) is 5.68. The first-order valence-corrected chi connectivity index (χ1v) is 4.84. The fourth-order valence-electron chi connectivity index (χ4n) is 1.03. The Kier molecular flexibility index (Phi) is 3.77. The average Bonchev–Trinajstić information content (AvgIpc) is 2.12. The number of aliphatic imine (C=N–C) groups is 1. The second-order valence-corrected chi connectivity index (χ2v) is 3.36. The fourth-order valence-corrected chi connectivity index (χ4v) is 1.21. The molecule has 1 aromatic carbocycles. The van der Waals surface area contributed by atoms with E-state index < -0.39 is 0 Å². The van der Waals surface area contributed by atoms with Gasteiger partial charge in [0.15, 0.2) is 5.96 Å². The van der Waals surface area contributed by atoms with Crippen molar-refractivity contribution in [2.75, 3.05) is 11.9 Å². The van der Waals surface area contributed by atoms with E-state index in [0.29, 0.717) is 12.5 Å². The van der Waals surface area contributed by atoms with Gasteiger partial charge < -0.3 is 11.1 Å². The third-order valence-corrected chi connectivity index (χ3v) is 2.18. The van der Waals surface area contributed by atoms with Crippen molar-refractivity contribution in [3.8, 4) is 0 Å². The molecule has 0 atom stereocenters. The van der Waals surface area contributed by atoms with Gasteiger partial charge in [-0.1, -0.05) is 17.7 Å².